The summed E-state index contributed by atoms with van der Waals surface area (Å²) in [5.74, 6) is -0.415. The quantitative estimate of drug-likeness (QED) is 0.636. The number of hydrogen-bond acceptors (Lipinski definition) is 4. The number of aryl methyl sites for hydroxylation is 1. The molecule has 8 nitrogen and oxygen atoms in total. The van der Waals surface area contributed by atoms with E-state index in [2.05, 4.69) is 20.7 Å². The highest BCUT2D eigenvalue weighted by atomic mass is 16.4. The Hall–Kier alpha value is -2.12. The van der Waals surface area contributed by atoms with Gasteiger partial charge in [0.2, 0.25) is 0 Å². The molecule has 1 unspecified atom stereocenters. The molecule has 1 heterocycles. The molecular weight excluding hydrogens is 238 g/mol. The monoisotopic (exact) mass is 255 g/mol. The second-order valence-corrected chi connectivity index (χ2v) is 3.78. The van der Waals surface area contributed by atoms with Crippen molar-refractivity contribution in [1.29, 1.82) is 0 Å². The molecule has 0 fully saturated rings. The van der Waals surface area contributed by atoms with E-state index in [-0.39, 0.29) is 0 Å². The second-order valence-electron chi connectivity index (χ2n) is 3.78. The number of aromatic nitrogens is 3. The number of nitrogens with zero attached hydrogens (tertiary/aromatic N) is 3. The van der Waals surface area contributed by atoms with Gasteiger partial charge < -0.3 is 15.7 Å². The Morgan fingerprint density at radius 2 is 2.28 bits per heavy atom. The molecule has 0 radical (unpaired) electrons. The van der Waals surface area contributed by atoms with Crippen LogP contribution in [0.2, 0.25) is 0 Å². The van der Waals surface area contributed by atoms with E-state index in [1.807, 2.05) is 0 Å². The molecule has 0 aliphatic heterocycles. The summed E-state index contributed by atoms with van der Waals surface area (Å²) in [7, 11) is 1.76. The normalized spacial score (nSPS) is 11.9. The molecule has 2 amide bonds. The third-order valence-electron chi connectivity index (χ3n) is 2.29. The minimum atomic E-state index is -1.04. The van der Waals surface area contributed by atoms with Gasteiger partial charge in [0.1, 0.15) is 12.4 Å². The van der Waals surface area contributed by atoms with Crippen LogP contribution in [0.25, 0.3) is 0 Å². The van der Waals surface area contributed by atoms with Crippen LogP contribution in [0, 0.1) is 0 Å². The molecule has 3 N–H and O–H groups in total. The van der Waals surface area contributed by atoms with Crippen molar-refractivity contribution in [1.82, 2.24) is 25.4 Å². The molecule has 1 aromatic heterocycles. The van der Waals surface area contributed by atoms with E-state index < -0.39 is 18.0 Å². The zero-order chi connectivity index (χ0) is 13.5. The van der Waals surface area contributed by atoms with Crippen LogP contribution in [0.3, 0.4) is 0 Å². The Morgan fingerprint density at radius 1 is 1.56 bits per heavy atom. The molecule has 100 valence electrons. The summed E-state index contributed by atoms with van der Waals surface area (Å²) in [5.41, 5.74) is 0. The third-order valence-corrected chi connectivity index (χ3v) is 2.29. The minimum absolute atomic E-state index is 0.338. The summed E-state index contributed by atoms with van der Waals surface area (Å²) >= 11 is 0. The number of carbonyl (C=O) groups is 2. The molecule has 18 heavy (non-hydrogen) atoms. The first kappa shape index (κ1) is 13.9. The standard InChI is InChI=1S/C10H17N5O3/c1-3-7(9(16)17)13-10(18)11-5-4-8-12-6-15(2)14-8/h6-7H,3-5H2,1-2H3,(H,16,17)(H2,11,13,18). The smallest absolute Gasteiger partial charge is 0.326 e. The zero-order valence-electron chi connectivity index (χ0n) is 10.4. The highest BCUT2D eigenvalue weighted by Gasteiger charge is 2.16. The first-order valence-corrected chi connectivity index (χ1v) is 5.64. The highest BCUT2D eigenvalue weighted by Crippen LogP contribution is 1.91. The minimum Gasteiger partial charge on any atom is -0.480 e. The van der Waals surface area contributed by atoms with E-state index in [1.54, 1.807) is 25.0 Å². The number of urea groups is 1. The third kappa shape index (κ3) is 4.40. The molecule has 8 heteroatoms. The molecule has 0 bridgehead atoms. The van der Waals surface area contributed by atoms with Crippen LogP contribution in [0.15, 0.2) is 6.33 Å². The number of carboxylic acids is 1. The van der Waals surface area contributed by atoms with E-state index in [1.165, 1.54) is 0 Å². The fraction of sp³-hybridized carbons (Fsp3) is 0.600. The van der Waals surface area contributed by atoms with Crippen LogP contribution in [0.5, 0.6) is 0 Å². The lowest BCUT2D eigenvalue weighted by Crippen LogP contribution is -2.46. The lowest BCUT2D eigenvalue weighted by atomic mass is 10.2. The zero-order valence-corrected chi connectivity index (χ0v) is 10.4. The van der Waals surface area contributed by atoms with Gasteiger partial charge in [-0.3, -0.25) is 4.68 Å². The molecule has 1 atom stereocenters. The van der Waals surface area contributed by atoms with Gasteiger partial charge in [0, 0.05) is 20.0 Å². The summed E-state index contributed by atoms with van der Waals surface area (Å²) < 4.78 is 1.58. The number of amides is 2. The molecular formula is C10H17N5O3. The predicted octanol–water partition coefficient (Wildman–Crippen LogP) is -0.480. The van der Waals surface area contributed by atoms with Gasteiger partial charge in [-0.1, -0.05) is 6.92 Å². The van der Waals surface area contributed by atoms with E-state index >= 15 is 0 Å². The Balaban J connectivity index is 2.26. The summed E-state index contributed by atoms with van der Waals surface area (Å²) in [4.78, 5) is 26.1. The van der Waals surface area contributed by atoms with Crippen molar-refractivity contribution >= 4 is 12.0 Å². The van der Waals surface area contributed by atoms with Crippen molar-refractivity contribution in [3.63, 3.8) is 0 Å². The molecule has 0 aliphatic rings. The molecule has 0 aliphatic carbocycles. The van der Waals surface area contributed by atoms with Gasteiger partial charge in [0.05, 0.1) is 0 Å². The van der Waals surface area contributed by atoms with Crippen molar-refractivity contribution in [2.24, 2.45) is 7.05 Å². The van der Waals surface area contributed by atoms with Gasteiger partial charge in [0.25, 0.3) is 0 Å². The number of aliphatic carboxylic acids is 1. The van der Waals surface area contributed by atoms with Crippen LogP contribution < -0.4 is 10.6 Å². The van der Waals surface area contributed by atoms with Gasteiger partial charge in [-0.05, 0) is 6.42 Å². The van der Waals surface area contributed by atoms with Crippen LogP contribution in [-0.4, -0.2) is 44.5 Å². The number of rotatable bonds is 6. The first-order valence-electron chi connectivity index (χ1n) is 5.64. The first-order chi connectivity index (χ1) is 8.52. The molecule has 0 aromatic carbocycles. The number of nitrogens with one attached hydrogen (secondary N) is 2. The van der Waals surface area contributed by atoms with Crippen LogP contribution >= 0.6 is 0 Å². The average molecular weight is 255 g/mol. The maximum Gasteiger partial charge on any atom is 0.326 e. The topological polar surface area (TPSA) is 109 Å². The van der Waals surface area contributed by atoms with Gasteiger partial charge in [-0.15, -0.1) is 0 Å². The van der Waals surface area contributed by atoms with Gasteiger partial charge in [-0.25, -0.2) is 14.6 Å². The van der Waals surface area contributed by atoms with Crippen molar-refractivity contribution in [3.8, 4) is 0 Å². The van der Waals surface area contributed by atoms with Crippen LogP contribution in [0.4, 0.5) is 4.79 Å². The van der Waals surface area contributed by atoms with Gasteiger partial charge in [0.15, 0.2) is 5.82 Å². The second kappa shape index (κ2) is 6.58. The Morgan fingerprint density at radius 3 is 2.78 bits per heavy atom. The van der Waals surface area contributed by atoms with Crippen LogP contribution in [-0.2, 0) is 18.3 Å². The van der Waals surface area contributed by atoms with Crippen molar-refractivity contribution in [2.75, 3.05) is 6.54 Å². The van der Waals surface area contributed by atoms with E-state index in [0.29, 0.717) is 25.2 Å². The largest absolute Gasteiger partial charge is 0.480 e. The maximum atomic E-state index is 11.4. The summed E-state index contributed by atoms with van der Waals surface area (Å²) in [6, 6.07) is -1.36. The van der Waals surface area contributed by atoms with Crippen LogP contribution in [0.1, 0.15) is 19.2 Å². The average Bonchev–Trinajstić information content (AvgIpc) is 2.71. The van der Waals surface area contributed by atoms with Crippen molar-refractivity contribution in [3.05, 3.63) is 12.2 Å². The SMILES string of the molecule is CCC(NC(=O)NCCc1ncn(C)n1)C(=O)O. The highest BCUT2D eigenvalue weighted by molar-refractivity contribution is 5.82. The maximum absolute atomic E-state index is 11.4. The lowest BCUT2D eigenvalue weighted by molar-refractivity contribution is -0.139. The van der Waals surface area contributed by atoms with E-state index in [9.17, 15) is 9.59 Å². The molecule has 0 saturated carbocycles. The Labute approximate surface area is 104 Å². The lowest BCUT2D eigenvalue weighted by Gasteiger charge is -2.12. The van der Waals surface area contributed by atoms with Gasteiger partial charge >= 0.3 is 12.0 Å². The molecule has 0 saturated heterocycles. The number of carbonyl (C=O) groups excluding carboxylic acids is 1. The number of carboxylic acid groups (broad SMARTS) is 1. The fourth-order valence-electron chi connectivity index (χ4n) is 1.33. The Kier molecular flexibility index (Phi) is 5.09. The van der Waals surface area contributed by atoms with Gasteiger partial charge in [-0.2, -0.15) is 5.10 Å². The molecule has 1 aromatic rings. The molecule has 1 rings (SSSR count). The fourth-order valence-corrected chi connectivity index (χ4v) is 1.33. The van der Waals surface area contributed by atoms with Crippen molar-refractivity contribution < 1.29 is 14.7 Å². The summed E-state index contributed by atoms with van der Waals surface area (Å²) in [5, 5.41) is 17.7. The Bertz CT molecular complexity index is 417. The summed E-state index contributed by atoms with van der Waals surface area (Å²) in [6.07, 6.45) is 2.41. The van der Waals surface area contributed by atoms with Crippen molar-refractivity contribution in [2.45, 2.75) is 25.8 Å². The van der Waals surface area contributed by atoms with E-state index in [0.717, 1.165) is 0 Å². The number of hydrogen-bond donors (Lipinski definition) is 3. The van der Waals surface area contributed by atoms with E-state index in [4.69, 9.17) is 5.11 Å². The predicted molar refractivity (Wildman–Crippen MR) is 63.0 cm³/mol. The molecule has 0 spiro atoms. The summed E-state index contributed by atoms with van der Waals surface area (Å²) in [6.45, 7) is 2.04.